The molecule has 0 atom stereocenters. The topological polar surface area (TPSA) is 43.3 Å². The molecular formula is C16H22N2O2. The molecule has 0 amide bonds. The van der Waals surface area contributed by atoms with Crippen LogP contribution < -0.4 is 5.32 Å². The van der Waals surface area contributed by atoms with Gasteiger partial charge in [-0.15, -0.1) is 0 Å². The predicted octanol–water partition coefficient (Wildman–Crippen LogP) is 2.70. The first-order valence-electron chi connectivity index (χ1n) is 7.07. The molecule has 1 aromatic carbocycles. The van der Waals surface area contributed by atoms with Crippen LogP contribution in [0.4, 0.5) is 0 Å². The summed E-state index contributed by atoms with van der Waals surface area (Å²) in [5.74, 6) is -0.198. The first-order valence-corrected chi connectivity index (χ1v) is 7.07. The molecule has 4 nitrogen and oxygen atoms in total. The summed E-state index contributed by atoms with van der Waals surface area (Å²) in [5.41, 5.74) is 2.32. The maximum atomic E-state index is 11.6. The van der Waals surface area contributed by atoms with Crippen LogP contribution in [0.2, 0.25) is 0 Å². The first-order chi connectivity index (χ1) is 9.61. The summed E-state index contributed by atoms with van der Waals surface area (Å²) in [7, 11) is 0. The lowest BCUT2D eigenvalue weighted by Crippen LogP contribution is -2.21. The number of carbonyl (C=O) groups excluding carboxylic acids is 1. The molecule has 0 radical (unpaired) electrons. The zero-order valence-corrected chi connectivity index (χ0v) is 12.3. The number of esters is 1. The van der Waals surface area contributed by atoms with Crippen molar-refractivity contribution in [1.82, 2.24) is 9.88 Å². The number of fused-ring (bicyclic) bond motifs is 1. The normalized spacial score (nSPS) is 11.2. The number of hydrogen-bond donors (Lipinski definition) is 1. The number of carbonyl (C=O) groups is 1. The van der Waals surface area contributed by atoms with Gasteiger partial charge in [0.1, 0.15) is 6.54 Å². The molecule has 0 unspecified atom stereocenters. The van der Waals surface area contributed by atoms with Crippen LogP contribution in [-0.4, -0.2) is 23.2 Å². The van der Waals surface area contributed by atoms with Crippen molar-refractivity contribution in [3.05, 3.63) is 36.0 Å². The second-order valence-electron chi connectivity index (χ2n) is 5.13. The second-order valence-corrected chi connectivity index (χ2v) is 5.13. The van der Waals surface area contributed by atoms with Crippen LogP contribution in [0.5, 0.6) is 0 Å². The van der Waals surface area contributed by atoms with E-state index in [9.17, 15) is 4.79 Å². The Kier molecular flexibility index (Phi) is 4.79. The smallest absolute Gasteiger partial charge is 0.325 e. The van der Waals surface area contributed by atoms with Crippen molar-refractivity contribution in [3.63, 3.8) is 0 Å². The Morgan fingerprint density at radius 3 is 2.85 bits per heavy atom. The fourth-order valence-electron chi connectivity index (χ4n) is 2.24. The Morgan fingerprint density at radius 2 is 2.15 bits per heavy atom. The Morgan fingerprint density at radius 1 is 1.35 bits per heavy atom. The van der Waals surface area contributed by atoms with Gasteiger partial charge in [0.15, 0.2) is 0 Å². The van der Waals surface area contributed by atoms with Gasteiger partial charge in [-0.05, 0) is 24.6 Å². The fraction of sp³-hybridized carbons (Fsp3) is 0.438. The second kappa shape index (κ2) is 6.57. The third-order valence-corrected chi connectivity index (χ3v) is 3.21. The number of nitrogens with one attached hydrogen (secondary N) is 1. The van der Waals surface area contributed by atoms with Gasteiger partial charge in [0, 0.05) is 29.7 Å². The molecule has 0 aliphatic rings. The molecule has 2 rings (SSSR count). The van der Waals surface area contributed by atoms with Crippen molar-refractivity contribution < 1.29 is 9.53 Å². The van der Waals surface area contributed by atoms with E-state index < -0.39 is 0 Å². The summed E-state index contributed by atoms with van der Waals surface area (Å²) < 4.78 is 6.94. The van der Waals surface area contributed by atoms with Crippen molar-refractivity contribution in [2.24, 2.45) is 0 Å². The van der Waals surface area contributed by atoms with Crippen molar-refractivity contribution in [3.8, 4) is 0 Å². The Bertz CT molecular complexity index is 587. The lowest BCUT2D eigenvalue weighted by atomic mass is 10.1. The van der Waals surface area contributed by atoms with Crippen molar-refractivity contribution >= 4 is 16.9 Å². The van der Waals surface area contributed by atoms with Gasteiger partial charge in [0.05, 0.1) is 6.61 Å². The quantitative estimate of drug-likeness (QED) is 0.824. The van der Waals surface area contributed by atoms with Gasteiger partial charge < -0.3 is 14.6 Å². The highest BCUT2D eigenvalue weighted by atomic mass is 16.5. The lowest BCUT2D eigenvalue weighted by Gasteiger charge is -2.10. The number of rotatable bonds is 6. The average molecular weight is 274 g/mol. The maximum absolute atomic E-state index is 11.6. The third kappa shape index (κ3) is 3.39. The fourth-order valence-corrected chi connectivity index (χ4v) is 2.24. The molecule has 1 heterocycles. The monoisotopic (exact) mass is 274 g/mol. The third-order valence-electron chi connectivity index (χ3n) is 3.21. The molecule has 2 aromatic rings. The van der Waals surface area contributed by atoms with Crippen LogP contribution >= 0.6 is 0 Å². The molecule has 4 heteroatoms. The molecule has 1 N–H and O–H groups in total. The maximum Gasteiger partial charge on any atom is 0.325 e. The van der Waals surface area contributed by atoms with Gasteiger partial charge in [-0.25, -0.2) is 0 Å². The Balaban J connectivity index is 2.23. The van der Waals surface area contributed by atoms with Gasteiger partial charge in [0.25, 0.3) is 0 Å². The minimum absolute atomic E-state index is 0.198. The van der Waals surface area contributed by atoms with E-state index in [1.54, 1.807) is 0 Å². The van der Waals surface area contributed by atoms with Gasteiger partial charge in [-0.3, -0.25) is 4.79 Å². The van der Waals surface area contributed by atoms with E-state index in [-0.39, 0.29) is 12.5 Å². The molecule has 0 saturated heterocycles. The lowest BCUT2D eigenvalue weighted by molar-refractivity contribution is -0.143. The van der Waals surface area contributed by atoms with Gasteiger partial charge in [-0.2, -0.15) is 0 Å². The summed E-state index contributed by atoms with van der Waals surface area (Å²) in [4.78, 5) is 11.6. The number of nitrogens with zero attached hydrogens (tertiary/aromatic N) is 1. The van der Waals surface area contributed by atoms with E-state index in [1.807, 2.05) is 29.8 Å². The van der Waals surface area contributed by atoms with Crippen LogP contribution in [0.1, 0.15) is 26.3 Å². The van der Waals surface area contributed by atoms with Crippen molar-refractivity contribution in [2.45, 2.75) is 39.9 Å². The summed E-state index contributed by atoms with van der Waals surface area (Å²) >= 11 is 0. The summed E-state index contributed by atoms with van der Waals surface area (Å²) in [5, 5.41) is 4.61. The number of benzene rings is 1. The SMILES string of the molecule is CCOC(=O)Cn1ccc2c(CNC(C)C)cccc21. The van der Waals surface area contributed by atoms with Gasteiger partial charge in [0.2, 0.25) is 0 Å². The first kappa shape index (κ1) is 14.6. The molecule has 0 spiro atoms. The number of ether oxygens (including phenoxy) is 1. The standard InChI is InChI=1S/C16H22N2O2/c1-4-20-16(19)11-18-9-8-14-13(10-17-12(2)3)6-5-7-15(14)18/h5-9,12,17H,4,10-11H2,1-3H3. The van der Waals surface area contributed by atoms with Crippen molar-refractivity contribution in [1.29, 1.82) is 0 Å². The average Bonchev–Trinajstić information content (AvgIpc) is 2.80. The molecule has 0 aliphatic carbocycles. The minimum atomic E-state index is -0.198. The number of hydrogen-bond acceptors (Lipinski definition) is 3. The molecule has 1 aromatic heterocycles. The Hall–Kier alpha value is -1.81. The van der Waals surface area contributed by atoms with E-state index in [0.29, 0.717) is 12.6 Å². The highest BCUT2D eigenvalue weighted by Crippen LogP contribution is 2.20. The zero-order chi connectivity index (χ0) is 14.5. The van der Waals surface area contributed by atoms with E-state index >= 15 is 0 Å². The molecular weight excluding hydrogens is 252 g/mol. The van der Waals surface area contributed by atoms with Crippen molar-refractivity contribution in [2.75, 3.05) is 6.61 Å². The molecule has 0 saturated carbocycles. The minimum Gasteiger partial charge on any atom is -0.465 e. The summed E-state index contributed by atoms with van der Waals surface area (Å²) in [6, 6.07) is 8.69. The molecule has 20 heavy (non-hydrogen) atoms. The molecule has 108 valence electrons. The molecule has 0 bridgehead atoms. The predicted molar refractivity (Wildman–Crippen MR) is 80.5 cm³/mol. The van der Waals surface area contributed by atoms with E-state index in [4.69, 9.17) is 4.74 Å². The number of aromatic nitrogens is 1. The van der Waals surface area contributed by atoms with Gasteiger partial charge >= 0.3 is 5.97 Å². The van der Waals surface area contributed by atoms with Gasteiger partial charge in [-0.1, -0.05) is 26.0 Å². The zero-order valence-electron chi connectivity index (χ0n) is 12.3. The summed E-state index contributed by atoms with van der Waals surface area (Å²) in [6.07, 6.45) is 1.94. The van der Waals surface area contributed by atoms with Crippen LogP contribution in [-0.2, 0) is 22.6 Å². The highest BCUT2D eigenvalue weighted by Gasteiger charge is 2.09. The van der Waals surface area contributed by atoms with Crippen LogP contribution in [0.3, 0.4) is 0 Å². The Labute approximate surface area is 119 Å². The largest absolute Gasteiger partial charge is 0.465 e. The molecule has 0 fully saturated rings. The van der Waals surface area contributed by atoms with Crippen LogP contribution in [0.25, 0.3) is 10.9 Å². The highest BCUT2D eigenvalue weighted by molar-refractivity contribution is 5.85. The van der Waals surface area contributed by atoms with Crippen LogP contribution in [0, 0.1) is 0 Å². The van der Waals surface area contributed by atoms with E-state index in [1.165, 1.54) is 10.9 Å². The molecule has 0 aliphatic heterocycles. The van der Waals surface area contributed by atoms with E-state index in [2.05, 4.69) is 31.3 Å². The summed E-state index contributed by atoms with van der Waals surface area (Å²) in [6.45, 7) is 7.60. The van der Waals surface area contributed by atoms with Crippen LogP contribution in [0.15, 0.2) is 30.5 Å². The van der Waals surface area contributed by atoms with E-state index in [0.717, 1.165) is 12.1 Å².